The summed E-state index contributed by atoms with van der Waals surface area (Å²) >= 11 is 3.43. The van der Waals surface area contributed by atoms with Crippen molar-refractivity contribution in [3.63, 3.8) is 0 Å². The molecule has 0 aromatic heterocycles. The summed E-state index contributed by atoms with van der Waals surface area (Å²) in [6.07, 6.45) is 0. The molecule has 2 aromatic rings. The molecule has 1 N–H and O–H groups in total. The number of aromatic hydroxyl groups is 1. The number of halogens is 1. The molecule has 2 aromatic carbocycles. The van der Waals surface area contributed by atoms with Crippen molar-refractivity contribution in [3.8, 4) is 17.2 Å². The fourth-order valence-corrected chi connectivity index (χ4v) is 2.10. The van der Waals surface area contributed by atoms with Crippen LogP contribution in [0.5, 0.6) is 17.2 Å². The Bertz CT molecular complexity index is 523. The quantitative estimate of drug-likeness (QED) is 0.935. The van der Waals surface area contributed by atoms with Gasteiger partial charge in [0.05, 0.1) is 11.6 Å². The van der Waals surface area contributed by atoms with Crippen LogP contribution in [0.15, 0.2) is 46.9 Å². The van der Waals surface area contributed by atoms with Gasteiger partial charge < -0.3 is 14.6 Å². The van der Waals surface area contributed by atoms with Crippen molar-refractivity contribution in [1.82, 2.24) is 0 Å². The number of rotatable bonds is 4. The van der Waals surface area contributed by atoms with Crippen LogP contribution in [-0.4, -0.2) is 12.2 Å². The Morgan fingerprint density at radius 1 is 1.11 bits per heavy atom. The Balaban J connectivity index is 2.02. The number of phenols is 1. The third-order valence-electron chi connectivity index (χ3n) is 2.46. The van der Waals surface area contributed by atoms with E-state index in [0.717, 1.165) is 21.5 Å². The molecule has 2 rings (SSSR count). The summed E-state index contributed by atoms with van der Waals surface area (Å²) in [6, 6.07) is 12.4. The van der Waals surface area contributed by atoms with Gasteiger partial charge in [0.1, 0.15) is 23.9 Å². The number of hydrogen-bond acceptors (Lipinski definition) is 3. The van der Waals surface area contributed by atoms with Gasteiger partial charge in [0.15, 0.2) is 0 Å². The minimum Gasteiger partial charge on any atom is -0.508 e. The Morgan fingerprint density at radius 2 is 1.83 bits per heavy atom. The molecule has 0 saturated carbocycles. The second kappa shape index (κ2) is 5.78. The summed E-state index contributed by atoms with van der Waals surface area (Å²) in [5, 5.41) is 9.16. The standard InChI is InChI=1S/C14H13BrO3/c1-17-14-7-2-10(8-13(14)15)9-18-12-5-3-11(16)4-6-12/h2-8,16H,9H2,1H3. The Morgan fingerprint density at radius 3 is 2.44 bits per heavy atom. The normalized spacial score (nSPS) is 10.1. The maximum Gasteiger partial charge on any atom is 0.133 e. The highest BCUT2D eigenvalue weighted by Crippen LogP contribution is 2.26. The van der Waals surface area contributed by atoms with Crippen molar-refractivity contribution >= 4 is 15.9 Å². The molecule has 0 unspecified atom stereocenters. The summed E-state index contributed by atoms with van der Waals surface area (Å²) in [4.78, 5) is 0. The molecule has 0 spiro atoms. The SMILES string of the molecule is COc1ccc(COc2ccc(O)cc2)cc1Br. The second-order valence-electron chi connectivity index (χ2n) is 3.75. The fraction of sp³-hybridized carbons (Fsp3) is 0.143. The van der Waals surface area contributed by atoms with Gasteiger partial charge in [-0.1, -0.05) is 6.07 Å². The van der Waals surface area contributed by atoms with E-state index >= 15 is 0 Å². The zero-order valence-corrected chi connectivity index (χ0v) is 11.5. The van der Waals surface area contributed by atoms with E-state index in [1.807, 2.05) is 18.2 Å². The number of benzene rings is 2. The molecule has 4 heteroatoms. The summed E-state index contributed by atoms with van der Waals surface area (Å²) in [6.45, 7) is 0.466. The molecule has 0 radical (unpaired) electrons. The summed E-state index contributed by atoms with van der Waals surface area (Å²) < 4.78 is 11.7. The molecular formula is C14H13BrO3. The van der Waals surface area contributed by atoms with Crippen molar-refractivity contribution in [3.05, 3.63) is 52.5 Å². The Hall–Kier alpha value is -1.68. The third kappa shape index (κ3) is 3.17. The lowest BCUT2D eigenvalue weighted by molar-refractivity contribution is 0.305. The van der Waals surface area contributed by atoms with Crippen molar-refractivity contribution in [2.75, 3.05) is 7.11 Å². The summed E-state index contributed by atoms with van der Waals surface area (Å²) in [7, 11) is 1.63. The Labute approximate surface area is 114 Å². The highest BCUT2D eigenvalue weighted by atomic mass is 79.9. The molecule has 94 valence electrons. The number of ether oxygens (including phenoxy) is 2. The first-order chi connectivity index (χ1) is 8.69. The van der Waals surface area contributed by atoms with Gasteiger partial charge in [-0.05, 0) is 57.9 Å². The molecule has 0 amide bonds. The number of phenolic OH excluding ortho intramolecular Hbond substituents is 1. The lowest BCUT2D eigenvalue weighted by Gasteiger charge is -2.08. The van der Waals surface area contributed by atoms with Crippen LogP contribution < -0.4 is 9.47 Å². The van der Waals surface area contributed by atoms with Crippen molar-refractivity contribution in [2.45, 2.75) is 6.61 Å². The summed E-state index contributed by atoms with van der Waals surface area (Å²) in [5.74, 6) is 1.75. The maximum absolute atomic E-state index is 9.16. The first-order valence-corrected chi connectivity index (χ1v) is 6.22. The molecule has 0 aliphatic carbocycles. The van der Waals surface area contributed by atoms with E-state index in [9.17, 15) is 0 Å². The van der Waals surface area contributed by atoms with Gasteiger partial charge >= 0.3 is 0 Å². The van der Waals surface area contributed by atoms with Crippen molar-refractivity contribution in [2.24, 2.45) is 0 Å². The predicted molar refractivity (Wildman–Crippen MR) is 73.1 cm³/mol. The van der Waals surface area contributed by atoms with Crippen LogP contribution in [0.1, 0.15) is 5.56 Å². The van der Waals surface area contributed by atoms with Gasteiger partial charge in [-0.3, -0.25) is 0 Å². The first kappa shape index (κ1) is 12.8. The molecule has 0 saturated heterocycles. The average Bonchev–Trinajstić information content (AvgIpc) is 2.38. The number of hydrogen-bond donors (Lipinski definition) is 1. The van der Waals surface area contributed by atoms with Gasteiger partial charge in [0.2, 0.25) is 0 Å². The molecule has 0 aliphatic rings. The molecule has 0 heterocycles. The third-order valence-corrected chi connectivity index (χ3v) is 3.08. The highest BCUT2D eigenvalue weighted by Gasteiger charge is 2.02. The van der Waals surface area contributed by atoms with E-state index in [2.05, 4.69) is 15.9 Å². The fourth-order valence-electron chi connectivity index (χ4n) is 1.51. The van der Waals surface area contributed by atoms with E-state index in [0.29, 0.717) is 6.61 Å². The molecule has 0 atom stereocenters. The lowest BCUT2D eigenvalue weighted by atomic mass is 10.2. The maximum atomic E-state index is 9.16. The van der Waals surface area contributed by atoms with Crippen LogP contribution in [0.25, 0.3) is 0 Å². The van der Waals surface area contributed by atoms with E-state index in [1.54, 1.807) is 31.4 Å². The van der Waals surface area contributed by atoms with E-state index in [-0.39, 0.29) is 5.75 Å². The van der Waals surface area contributed by atoms with Crippen LogP contribution in [0.2, 0.25) is 0 Å². The smallest absolute Gasteiger partial charge is 0.133 e. The zero-order chi connectivity index (χ0) is 13.0. The zero-order valence-electron chi connectivity index (χ0n) is 9.89. The highest BCUT2D eigenvalue weighted by molar-refractivity contribution is 9.10. The minimum atomic E-state index is 0.231. The van der Waals surface area contributed by atoms with Gasteiger partial charge in [0, 0.05) is 0 Å². The van der Waals surface area contributed by atoms with E-state index in [1.165, 1.54) is 0 Å². The molecule has 0 aliphatic heterocycles. The lowest BCUT2D eigenvalue weighted by Crippen LogP contribution is -1.95. The van der Waals surface area contributed by atoms with Crippen molar-refractivity contribution in [1.29, 1.82) is 0 Å². The largest absolute Gasteiger partial charge is 0.508 e. The van der Waals surface area contributed by atoms with Gasteiger partial charge in [0.25, 0.3) is 0 Å². The van der Waals surface area contributed by atoms with Gasteiger partial charge in [-0.2, -0.15) is 0 Å². The monoisotopic (exact) mass is 308 g/mol. The van der Waals surface area contributed by atoms with Gasteiger partial charge in [-0.15, -0.1) is 0 Å². The molecule has 0 fully saturated rings. The molecular weight excluding hydrogens is 296 g/mol. The first-order valence-electron chi connectivity index (χ1n) is 5.43. The van der Waals surface area contributed by atoms with E-state index < -0.39 is 0 Å². The van der Waals surface area contributed by atoms with Gasteiger partial charge in [-0.25, -0.2) is 0 Å². The summed E-state index contributed by atoms with van der Waals surface area (Å²) in [5.41, 5.74) is 1.04. The molecule has 3 nitrogen and oxygen atoms in total. The molecule has 0 bridgehead atoms. The predicted octanol–water partition coefficient (Wildman–Crippen LogP) is 3.74. The minimum absolute atomic E-state index is 0.231. The van der Waals surface area contributed by atoms with Crippen molar-refractivity contribution < 1.29 is 14.6 Å². The van der Waals surface area contributed by atoms with Crippen LogP contribution >= 0.6 is 15.9 Å². The van der Waals surface area contributed by atoms with Crippen LogP contribution in [0.4, 0.5) is 0 Å². The Kier molecular flexibility index (Phi) is 4.10. The van der Waals surface area contributed by atoms with Crippen LogP contribution in [0.3, 0.4) is 0 Å². The van der Waals surface area contributed by atoms with Crippen LogP contribution in [-0.2, 0) is 6.61 Å². The second-order valence-corrected chi connectivity index (χ2v) is 4.61. The number of methoxy groups -OCH3 is 1. The topological polar surface area (TPSA) is 38.7 Å². The molecule has 18 heavy (non-hydrogen) atoms. The van der Waals surface area contributed by atoms with Crippen LogP contribution in [0, 0.1) is 0 Å². The van der Waals surface area contributed by atoms with E-state index in [4.69, 9.17) is 14.6 Å². The average molecular weight is 309 g/mol.